The first-order valence-electron chi connectivity index (χ1n) is 9.57. The number of carbonyl (C=O) groups is 1. The van der Waals surface area contributed by atoms with Crippen LogP contribution in [-0.2, 0) is 11.8 Å². The summed E-state index contributed by atoms with van der Waals surface area (Å²) in [5, 5.41) is 8.72. The Morgan fingerprint density at radius 3 is 2.48 bits per heavy atom. The van der Waals surface area contributed by atoms with E-state index in [9.17, 15) is 4.79 Å². The zero-order chi connectivity index (χ0) is 20.1. The van der Waals surface area contributed by atoms with Crippen LogP contribution in [0.3, 0.4) is 0 Å². The molecule has 1 aromatic carbocycles. The zero-order valence-corrected chi connectivity index (χ0v) is 18.2. The number of nitrogens with one attached hydrogen (secondary N) is 1. The van der Waals surface area contributed by atoms with Crippen LogP contribution >= 0.6 is 11.6 Å². The average molecular weight is 391 g/mol. The molecule has 3 rings (SSSR count). The SMILES string of the molecule is Cn1ncc2c(Cl)c(NC(=O)[C@@H]3CC(C(C)(C)C)CN3C(C)(C)C)ccc21. The number of benzene rings is 1. The molecule has 0 aliphatic carbocycles. The second-order valence-corrected chi connectivity index (χ2v) is 10.1. The molecule has 148 valence electrons. The number of amides is 1. The lowest BCUT2D eigenvalue weighted by Gasteiger charge is -2.36. The van der Waals surface area contributed by atoms with Gasteiger partial charge < -0.3 is 5.32 Å². The monoisotopic (exact) mass is 390 g/mol. The highest BCUT2D eigenvalue weighted by Crippen LogP contribution is 2.40. The van der Waals surface area contributed by atoms with Crippen molar-refractivity contribution in [3.05, 3.63) is 23.4 Å². The van der Waals surface area contributed by atoms with E-state index in [1.165, 1.54) is 0 Å². The number of aromatic nitrogens is 2. The lowest BCUT2D eigenvalue weighted by molar-refractivity contribution is -0.121. The molecular weight excluding hydrogens is 360 g/mol. The van der Waals surface area contributed by atoms with Gasteiger partial charge in [-0.1, -0.05) is 32.4 Å². The fourth-order valence-electron chi connectivity index (χ4n) is 3.96. The van der Waals surface area contributed by atoms with Gasteiger partial charge in [0.25, 0.3) is 0 Å². The first-order valence-corrected chi connectivity index (χ1v) is 9.95. The molecule has 1 saturated heterocycles. The van der Waals surface area contributed by atoms with Gasteiger partial charge in [-0.3, -0.25) is 14.4 Å². The highest BCUT2D eigenvalue weighted by atomic mass is 35.5. The summed E-state index contributed by atoms with van der Waals surface area (Å²) in [7, 11) is 1.88. The maximum absolute atomic E-state index is 13.2. The summed E-state index contributed by atoms with van der Waals surface area (Å²) in [5.41, 5.74) is 1.70. The third-order valence-corrected chi connectivity index (χ3v) is 6.22. The number of hydrogen-bond donors (Lipinski definition) is 1. The molecule has 6 heteroatoms. The van der Waals surface area contributed by atoms with Gasteiger partial charge in [0, 0.05) is 24.5 Å². The first-order chi connectivity index (χ1) is 12.4. The van der Waals surface area contributed by atoms with Crippen molar-refractivity contribution in [1.82, 2.24) is 14.7 Å². The Labute approximate surface area is 167 Å². The molecule has 2 heterocycles. The lowest BCUT2D eigenvalue weighted by atomic mass is 9.79. The summed E-state index contributed by atoms with van der Waals surface area (Å²) in [4.78, 5) is 15.5. The van der Waals surface area contributed by atoms with Gasteiger partial charge in [-0.05, 0) is 50.7 Å². The second-order valence-electron chi connectivity index (χ2n) is 9.75. The molecule has 1 aliphatic heterocycles. The van der Waals surface area contributed by atoms with E-state index in [-0.39, 0.29) is 22.9 Å². The van der Waals surface area contributed by atoms with Gasteiger partial charge in [-0.15, -0.1) is 0 Å². The van der Waals surface area contributed by atoms with E-state index in [2.05, 4.69) is 56.9 Å². The lowest BCUT2D eigenvalue weighted by Crippen LogP contribution is -2.49. The smallest absolute Gasteiger partial charge is 0.241 e. The molecule has 1 aromatic heterocycles. The molecule has 1 unspecified atom stereocenters. The van der Waals surface area contributed by atoms with E-state index in [1.54, 1.807) is 10.9 Å². The Morgan fingerprint density at radius 1 is 1.22 bits per heavy atom. The molecule has 27 heavy (non-hydrogen) atoms. The molecule has 0 spiro atoms. The van der Waals surface area contributed by atoms with E-state index in [4.69, 9.17) is 11.6 Å². The number of rotatable bonds is 2. The van der Waals surface area contributed by atoms with Crippen LogP contribution in [0.25, 0.3) is 10.9 Å². The van der Waals surface area contributed by atoms with E-state index in [0.717, 1.165) is 23.9 Å². The van der Waals surface area contributed by atoms with Crippen LogP contribution in [-0.4, -0.2) is 38.7 Å². The molecule has 0 radical (unpaired) electrons. The number of aryl methyl sites for hydroxylation is 1. The van der Waals surface area contributed by atoms with Gasteiger partial charge in [0.15, 0.2) is 0 Å². The minimum absolute atomic E-state index is 0.0156. The van der Waals surface area contributed by atoms with Crippen LogP contribution in [0.15, 0.2) is 18.3 Å². The van der Waals surface area contributed by atoms with Crippen LogP contribution < -0.4 is 5.32 Å². The zero-order valence-electron chi connectivity index (χ0n) is 17.4. The quantitative estimate of drug-likeness (QED) is 0.808. The summed E-state index contributed by atoms with van der Waals surface area (Å²) in [6.07, 6.45) is 2.60. The van der Waals surface area contributed by atoms with Crippen molar-refractivity contribution in [1.29, 1.82) is 0 Å². The van der Waals surface area contributed by atoms with Crippen molar-refractivity contribution < 1.29 is 4.79 Å². The van der Waals surface area contributed by atoms with E-state index in [1.807, 2.05) is 19.2 Å². The third kappa shape index (κ3) is 3.85. The molecule has 5 nitrogen and oxygen atoms in total. The number of hydrogen-bond acceptors (Lipinski definition) is 3. The van der Waals surface area contributed by atoms with Crippen molar-refractivity contribution in [2.45, 2.75) is 59.5 Å². The van der Waals surface area contributed by atoms with Crippen molar-refractivity contribution in [2.24, 2.45) is 18.4 Å². The van der Waals surface area contributed by atoms with E-state index in [0.29, 0.717) is 16.6 Å². The fourth-order valence-corrected chi connectivity index (χ4v) is 4.22. The summed E-state index contributed by atoms with van der Waals surface area (Å²) >= 11 is 6.55. The average Bonchev–Trinajstić information content (AvgIpc) is 3.14. The van der Waals surface area contributed by atoms with Crippen molar-refractivity contribution in [3.8, 4) is 0 Å². The van der Waals surface area contributed by atoms with Crippen LogP contribution in [0.2, 0.25) is 5.02 Å². The van der Waals surface area contributed by atoms with Crippen LogP contribution in [0.5, 0.6) is 0 Å². The normalized spacial score (nSPS) is 21.8. The Hall–Kier alpha value is -1.59. The topological polar surface area (TPSA) is 50.2 Å². The minimum atomic E-state index is -0.158. The summed E-state index contributed by atoms with van der Waals surface area (Å²) in [6, 6.07) is 3.65. The molecule has 1 N–H and O–H groups in total. The maximum atomic E-state index is 13.2. The molecule has 1 amide bonds. The molecular formula is C21H31ClN4O. The van der Waals surface area contributed by atoms with Crippen molar-refractivity contribution >= 4 is 34.1 Å². The Balaban J connectivity index is 1.87. The number of anilines is 1. The highest BCUT2D eigenvalue weighted by Gasteiger charge is 2.45. The Morgan fingerprint density at radius 2 is 1.89 bits per heavy atom. The van der Waals surface area contributed by atoms with Crippen molar-refractivity contribution in [2.75, 3.05) is 11.9 Å². The molecule has 0 saturated carbocycles. The predicted molar refractivity (Wildman–Crippen MR) is 112 cm³/mol. The van der Waals surface area contributed by atoms with Gasteiger partial charge in [0.1, 0.15) is 0 Å². The van der Waals surface area contributed by atoms with Gasteiger partial charge in [-0.25, -0.2) is 0 Å². The highest BCUT2D eigenvalue weighted by molar-refractivity contribution is 6.38. The molecule has 1 fully saturated rings. The molecule has 0 bridgehead atoms. The minimum Gasteiger partial charge on any atom is -0.323 e. The van der Waals surface area contributed by atoms with Crippen LogP contribution in [0.1, 0.15) is 48.0 Å². The van der Waals surface area contributed by atoms with Crippen molar-refractivity contribution in [3.63, 3.8) is 0 Å². The standard InChI is InChI=1S/C21H31ClN4O/c1-20(2,3)13-10-17(26(12-13)21(4,5)6)19(27)24-15-8-9-16-14(18(15)22)11-23-25(16)7/h8-9,11,13,17H,10,12H2,1-7H3,(H,24,27)/t13?,17-/m0/s1. The van der Waals surface area contributed by atoms with E-state index >= 15 is 0 Å². The number of nitrogens with zero attached hydrogens (tertiary/aromatic N) is 3. The van der Waals surface area contributed by atoms with Crippen LogP contribution in [0, 0.1) is 11.3 Å². The third-order valence-electron chi connectivity index (χ3n) is 5.81. The predicted octanol–water partition coefficient (Wildman–Crippen LogP) is 4.70. The van der Waals surface area contributed by atoms with E-state index < -0.39 is 0 Å². The number of likely N-dealkylation sites (tertiary alicyclic amines) is 1. The Bertz CT molecular complexity index is 859. The largest absolute Gasteiger partial charge is 0.323 e. The van der Waals surface area contributed by atoms with Gasteiger partial charge >= 0.3 is 0 Å². The number of fused-ring (bicyclic) bond motifs is 1. The maximum Gasteiger partial charge on any atom is 0.241 e. The van der Waals surface area contributed by atoms with Gasteiger partial charge in [0.2, 0.25) is 5.91 Å². The summed E-state index contributed by atoms with van der Waals surface area (Å²) in [5.74, 6) is 0.491. The van der Waals surface area contributed by atoms with Gasteiger partial charge in [-0.2, -0.15) is 5.10 Å². The van der Waals surface area contributed by atoms with Crippen LogP contribution in [0.4, 0.5) is 5.69 Å². The fraction of sp³-hybridized carbons (Fsp3) is 0.619. The molecule has 2 atom stereocenters. The van der Waals surface area contributed by atoms with Gasteiger partial charge in [0.05, 0.1) is 28.5 Å². The molecule has 1 aliphatic rings. The number of halogens is 1. The first kappa shape index (κ1) is 20.2. The Kier molecular flexibility index (Phi) is 5.06. The second kappa shape index (κ2) is 6.78. The molecule has 2 aromatic rings. The number of carbonyl (C=O) groups excluding carboxylic acids is 1. The summed E-state index contributed by atoms with van der Waals surface area (Å²) in [6.45, 7) is 14.2. The summed E-state index contributed by atoms with van der Waals surface area (Å²) < 4.78 is 1.78.